The Hall–Kier alpha value is -2.09. The Morgan fingerprint density at radius 3 is 2.53 bits per heavy atom. The van der Waals surface area contributed by atoms with Gasteiger partial charge >= 0.3 is 6.18 Å². The number of aldehydes is 1. The molecule has 4 N–H and O–H groups in total. The Balaban J connectivity index is 3.09. The maximum atomic E-state index is 12.2. The summed E-state index contributed by atoms with van der Waals surface area (Å²) in [5.74, 6) is 2.93. The van der Waals surface area contributed by atoms with Gasteiger partial charge in [-0.25, -0.2) is 5.84 Å². The lowest BCUT2D eigenvalue weighted by Crippen LogP contribution is -2.45. The molecule has 0 spiro atoms. The van der Waals surface area contributed by atoms with Crippen LogP contribution in [0.4, 0.5) is 18.9 Å². The second-order valence-corrected chi connectivity index (χ2v) is 3.08. The number of nitrogens with zero attached hydrogens (tertiary/aromatic N) is 1. The third kappa shape index (κ3) is 2.72. The van der Waals surface area contributed by atoms with Crippen molar-refractivity contribution in [1.29, 1.82) is 5.41 Å². The first-order valence-corrected chi connectivity index (χ1v) is 4.26. The number of benzene rings is 1. The predicted molar refractivity (Wildman–Crippen MR) is 53.9 cm³/mol. The summed E-state index contributed by atoms with van der Waals surface area (Å²) in [4.78, 5) is 10.5. The van der Waals surface area contributed by atoms with E-state index >= 15 is 0 Å². The number of nitrogens with one attached hydrogen (secondary N) is 1. The molecule has 0 fully saturated rings. The predicted octanol–water partition coefficient (Wildman–Crippen LogP) is 1.42. The van der Waals surface area contributed by atoms with E-state index in [1.165, 1.54) is 0 Å². The van der Waals surface area contributed by atoms with Gasteiger partial charge in [-0.05, 0) is 18.2 Å². The van der Waals surface area contributed by atoms with E-state index in [1.807, 2.05) is 0 Å². The van der Waals surface area contributed by atoms with Crippen LogP contribution in [0.25, 0.3) is 0 Å². The lowest BCUT2D eigenvalue weighted by atomic mass is 10.2. The summed E-state index contributed by atoms with van der Waals surface area (Å²) in [6, 6.07) is 3.02. The highest BCUT2D eigenvalue weighted by Crippen LogP contribution is 2.25. The Labute approximate surface area is 93.7 Å². The Bertz CT molecular complexity index is 459. The smallest absolute Gasteiger partial charge is 0.450 e. The first-order chi connectivity index (χ1) is 7.77. The van der Waals surface area contributed by atoms with Gasteiger partial charge in [0, 0.05) is 0 Å². The van der Waals surface area contributed by atoms with Crippen LogP contribution in [0.15, 0.2) is 18.2 Å². The largest absolute Gasteiger partial charge is 0.507 e. The summed E-state index contributed by atoms with van der Waals surface area (Å²) in [5, 5.41) is 16.0. The highest BCUT2D eigenvalue weighted by atomic mass is 19.4. The van der Waals surface area contributed by atoms with Crippen LogP contribution in [0.5, 0.6) is 5.75 Å². The van der Waals surface area contributed by atoms with Gasteiger partial charge in [0.2, 0.25) is 5.84 Å². The molecule has 0 aliphatic heterocycles. The van der Waals surface area contributed by atoms with Crippen molar-refractivity contribution in [2.24, 2.45) is 5.84 Å². The summed E-state index contributed by atoms with van der Waals surface area (Å²) in [5.41, 5.74) is -0.444. The van der Waals surface area contributed by atoms with Gasteiger partial charge in [0.1, 0.15) is 5.75 Å². The minimum absolute atomic E-state index is 0.0758. The first-order valence-electron chi connectivity index (χ1n) is 4.26. The van der Waals surface area contributed by atoms with Crippen molar-refractivity contribution in [3.8, 4) is 5.75 Å². The molecule has 8 heteroatoms. The maximum Gasteiger partial charge on any atom is 0.450 e. The van der Waals surface area contributed by atoms with Gasteiger partial charge in [-0.15, -0.1) is 0 Å². The average molecular weight is 247 g/mol. The molecule has 1 rings (SSSR count). The number of hydrazine groups is 1. The van der Waals surface area contributed by atoms with Crippen molar-refractivity contribution in [2.45, 2.75) is 6.18 Å². The number of nitrogens with two attached hydrogens (primary N) is 1. The van der Waals surface area contributed by atoms with Crippen molar-refractivity contribution in [2.75, 3.05) is 5.01 Å². The monoisotopic (exact) mass is 247 g/mol. The Morgan fingerprint density at radius 1 is 1.47 bits per heavy atom. The number of phenols is 1. The van der Waals surface area contributed by atoms with E-state index in [9.17, 15) is 18.0 Å². The molecule has 0 atom stereocenters. The van der Waals surface area contributed by atoms with Crippen LogP contribution < -0.4 is 10.9 Å². The quantitative estimate of drug-likeness (QED) is 0.242. The molecule has 17 heavy (non-hydrogen) atoms. The summed E-state index contributed by atoms with van der Waals surface area (Å²) < 4.78 is 36.5. The molecule has 0 aliphatic carbocycles. The van der Waals surface area contributed by atoms with Gasteiger partial charge in [0.25, 0.3) is 0 Å². The lowest BCUT2D eigenvalue weighted by Gasteiger charge is -2.21. The zero-order valence-corrected chi connectivity index (χ0v) is 8.32. The molecule has 92 valence electrons. The fourth-order valence-corrected chi connectivity index (χ4v) is 1.05. The number of rotatable bonds is 2. The normalized spacial score (nSPS) is 11.1. The second kappa shape index (κ2) is 4.42. The van der Waals surface area contributed by atoms with Gasteiger partial charge in [0.05, 0.1) is 11.3 Å². The number of carbonyl (C=O) groups is 1. The molecular weight excluding hydrogens is 239 g/mol. The molecular formula is C9H8F3N3O2. The number of hydrogen-bond acceptors (Lipinski definition) is 4. The fourth-order valence-electron chi connectivity index (χ4n) is 1.05. The number of carbonyl (C=O) groups excluding carboxylic acids is 1. The third-order valence-electron chi connectivity index (χ3n) is 1.93. The molecule has 0 aromatic heterocycles. The summed E-state index contributed by atoms with van der Waals surface area (Å²) in [6.07, 6.45) is -4.63. The highest BCUT2D eigenvalue weighted by molar-refractivity contribution is 5.99. The molecule has 0 radical (unpaired) electrons. The number of amidine groups is 1. The number of anilines is 1. The lowest BCUT2D eigenvalue weighted by molar-refractivity contribution is -0.0610. The van der Waals surface area contributed by atoms with Crippen LogP contribution in [0.2, 0.25) is 0 Å². The topological polar surface area (TPSA) is 90.4 Å². The molecule has 0 saturated heterocycles. The SMILES string of the molecule is N=C(N(N)c1ccc(O)c(C=O)c1)C(F)(F)F. The van der Waals surface area contributed by atoms with Crippen molar-refractivity contribution in [3.05, 3.63) is 23.8 Å². The molecule has 0 bridgehead atoms. The van der Waals surface area contributed by atoms with E-state index in [-0.39, 0.29) is 28.3 Å². The number of phenolic OH excluding ortho intramolecular Hbond substituents is 1. The summed E-state index contributed by atoms with van der Waals surface area (Å²) in [7, 11) is 0. The average Bonchev–Trinajstić information content (AvgIpc) is 2.26. The highest BCUT2D eigenvalue weighted by Gasteiger charge is 2.38. The van der Waals surface area contributed by atoms with Gasteiger partial charge in [-0.2, -0.15) is 13.2 Å². The van der Waals surface area contributed by atoms with E-state index in [2.05, 4.69) is 0 Å². The number of halogens is 3. The first kappa shape index (κ1) is 13.0. The zero-order chi connectivity index (χ0) is 13.2. The van der Waals surface area contributed by atoms with Gasteiger partial charge in [-0.3, -0.25) is 15.2 Å². The zero-order valence-electron chi connectivity index (χ0n) is 8.32. The molecule has 1 aromatic rings. The molecule has 5 nitrogen and oxygen atoms in total. The van der Waals surface area contributed by atoms with E-state index in [0.717, 1.165) is 18.2 Å². The van der Waals surface area contributed by atoms with Gasteiger partial charge < -0.3 is 5.11 Å². The fraction of sp³-hybridized carbons (Fsp3) is 0.111. The van der Waals surface area contributed by atoms with Crippen molar-refractivity contribution < 1.29 is 23.1 Å². The maximum absolute atomic E-state index is 12.2. The minimum atomic E-state index is -4.89. The van der Waals surface area contributed by atoms with Crippen molar-refractivity contribution in [1.82, 2.24) is 0 Å². The molecule has 0 saturated carbocycles. The molecule has 1 aromatic carbocycles. The van der Waals surface area contributed by atoms with E-state index in [0.29, 0.717) is 0 Å². The molecule has 0 unspecified atom stereocenters. The molecule has 0 heterocycles. The Kier molecular flexibility index (Phi) is 3.37. The van der Waals surface area contributed by atoms with Crippen LogP contribution in [0.1, 0.15) is 10.4 Å². The molecule has 0 aliphatic rings. The number of alkyl halides is 3. The van der Waals surface area contributed by atoms with Gasteiger partial charge in [-0.1, -0.05) is 0 Å². The van der Waals surface area contributed by atoms with Crippen LogP contribution in [-0.4, -0.2) is 23.4 Å². The van der Waals surface area contributed by atoms with E-state index in [1.54, 1.807) is 0 Å². The van der Waals surface area contributed by atoms with Crippen molar-refractivity contribution in [3.63, 3.8) is 0 Å². The van der Waals surface area contributed by atoms with Crippen LogP contribution in [0, 0.1) is 5.41 Å². The van der Waals surface area contributed by atoms with Crippen LogP contribution in [0.3, 0.4) is 0 Å². The number of hydrogen-bond donors (Lipinski definition) is 3. The molecule has 0 amide bonds. The van der Waals surface area contributed by atoms with E-state index in [4.69, 9.17) is 16.4 Å². The van der Waals surface area contributed by atoms with E-state index < -0.39 is 12.0 Å². The summed E-state index contributed by atoms with van der Waals surface area (Å²) >= 11 is 0. The van der Waals surface area contributed by atoms with Crippen molar-refractivity contribution >= 4 is 17.8 Å². The standard InChI is InChI=1S/C9H8F3N3O2/c10-9(11,12)8(13)15(14)6-1-2-7(17)5(3-6)4-16/h1-4,13,17H,14H2. The Morgan fingerprint density at radius 2 is 2.06 bits per heavy atom. The van der Waals surface area contributed by atoms with Gasteiger partial charge in [0.15, 0.2) is 6.29 Å². The number of aromatic hydroxyl groups is 1. The third-order valence-corrected chi connectivity index (χ3v) is 1.93. The van der Waals surface area contributed by atoms with Crippen LogP contribution in [-0.2, 0) is 0 Å². The second-order valence-electron chi connectivity index (χ2n) is 3.08. The summed E-state index contributed by atoms with van der Waals surface area (Å²) in [6.45, 7) is 0. The van der Waals surface area contributed by atoms with Crippen LogP contribution >= 0.6 is 0 Å². The minimum Gasteiger partial charge on any atom is -0.507 e.